The summed E-state index contributed by atoms with van der Waals surface area (Å²) in [5.41, 5.74) is 7.49. The van der Waals surface area contributed by atoms with E-state index in [0.717, 1.165) is 18.6 Å². The molecule has 0 atom stereocenters. The first-order chi connectivity index (χ1) is 6.77. The third-order valence-corrected chi connectivity index (χ3v) is 1.91. The first-order valence-corrected chi connectivity index (χ1v) is 4.78. The average Bonchev–Trinajstić information content (AvgIpc) is 2.18. The number of anilines is 1. The molecule has 0 aromatic heterocycles. The van der Waals surface area contributed by atoms with Gasteiger partial charge in [0.2, 0.25) is 0 Å². The zero-order chi connectivity index (χ0) is 10.4. The number of nitrogens with two attached hydrogens (primary N) is 1. The number of benzene rings is 1. The van der Waals surface area contributed by atoms with Gasteiger partial charge in [-0.15, -0.1) is 0 Å². The molecule has 0 aliphatic carbocycles. The molecule has 0 heterocycles. The van der Waals surface area contributed by atoms with E-state index in [0.29, 0.717) is 18.0 Å². The number of methoxy groups -OCH3 is 1. The maximum Gasteiger partial charge on any atom is 0.141 e. The van der Waals surface area contributed by atoms with Gasteiger partial charge in [0.05, 0.1) is 19.4 Å². The fourth-order valence-corrected chi connectivity index (χ4v) is 1.21. The minimum atomic E-state index is 0.613. The average molecular weight is 195 g/mol. The van der Waals surface area contributed by atoms with Crippen LogP contribution in [0.4, 0.5) is 5.69 Å². The quantitative estimate of drug-likeness (QED) is 0.578. The summed E-state index contributed by atoms with van der Waals surface area (Å²) in [6.45, 7) is 3.48. The number of rotatable bonds is 5. The Morgan fingerprint density at radius 2 is 2.14 bits per heavy atom. The number of nitrogen functional groups attached to an aromatic ring is 1. The van der Waals surface area contributed by atoms with Crippen molar-refractivity contribution >= 4 is 5.69 Å². The minimum absolute atomic E-state index is 0.613. The maximum absolute atomic E-state index is 5.76. The van der Waals surface area contributed by atoms with Crippen molar-refractivity contribution in [3.8, 4) is 5.75 Å². The van der Waals surface area contributed by atoms with Crippen LogP contribution < -0.4 is 10.5 Å². The molecule has 78 valence electrons. The van der Waals surface area contributed by atoms with Crippen molar-refractivity contribution in [2.24, 2.45) is 0 Å². The molecule has 0 aliphatic rings. The summed E-state index contributed by atoms with van der Waals surface area (Å²) in [6.07, 6.45) is 1.03. The van der Waals surface area contributed by atoms with Crippen molar-refractivity contribution in [1.29, 1.82) is 0 Å². The van der Waals surface area contributed by atoms with E-state index >= 15 is 0 Å². The van der Waals surface area contributed by atoms with Gasteiger partial charge in [0.25, 0.3) is 0 Å². The van der Waals surface area contributed by atoms with Gasteiger partial charge < -0.3 is 15.2 Å². The zero-order valence-electron chi connectivity index (χ0n) is 8.75. The van der Waals surface area contributed by atoms with E-state index < -0.39 is 0 Å². The standard InChI is InChI=1S/C11H17NO2/c1-3-6-14-8-9-4-5-11(13-2)10(12)7-9/h4-5,7H,3,6,8,12H2,1-2H3. The van der Waals surface area contributed by atoms with Gasteiger partial charge in [-0.1, -0.05) is 13.0 Å². The van der Waals surface area contributed by atoms with Gasteiger partial charge in [-0.2, -0.15) is 0 Å². The van der Waals surface area contributed by atoms with Crippen molar-refractivity contribution in [3.63, 3.8) is 0 Å². The molecule has 1 rings (SSSR count). The van der Waals surface area contributed by atoms with E-state index in [2.05, 4.69) is 6.92 Å². The molecule has 0 bridgehead atoms. The van der Waals surface area contributed by atoms with Crippen LogP contribution in [0.3, 0.4) is 0 Å². The molecule has 0 spiro atoms. The van der Waals surface area contributed by atoms with Crippen LogP contribution in [0.15, 0.2) is 18.2 Å². The lowest BCUT2D eigenvalue weighted by atomic mass is 10.2. The smallest absolute Gasteiger partial charge is 0.141 e. The van der Waals surface area contributed by atoms with Gasteiger partial charge in [-0.25, -0.2) is 0 Å². The summed E-state index contributed by atoms with van der Waals surface area (Å²) in [5.74, 6) is 0.712. The van der Waals surface area contributed by atoms with Crippen molar-refractivity contribution in [3.05, 3.63) is 23.8 Å². The second-order valence-corrected chi connectivity index (χ2v) is 3.13. The molecule has 14 heavy (non-hydrogen) atoms. The summed E-state index contributed by atoms with van der Waals surface area (Å²) in [4.78, 5) is 0. The Morgan fingerprint density at radius 1 is 1.36 bits per heavy atom. The summed E-state index contributed by atoms with van der Waals surface area (Å²) in [5, 5.41) is 0. The van der Waals surface area contributed by atoms with E-state index in [4.69, 9.17) is 15.2 Å². The van der Waals surface area contributed by atoms with Gasteiger partial charge >= 0.3 is 0 Å². The molecule has 1 aromatic carbocycles. The molecule has 0 unspecified atom stereocenters. The number of ether oxygens (including phenoxy) is 2. The van der Waals surface area contributed by atoms with Crippen molar-refractivity contribution in [2.75, 3.05) is 19.5 Å². The predicted octanol–water partition coefficient (Wildman–Crippen LogP) is 2.20. The Morgan fingerprint density at radius 3 is 2.71 bits per heavy atom. The van der Waals surface area contributed by atoms with Gasteiger partial charge in [0, 0.05) is 6.61 Å². The lowest BCUT2D eigenvalue weighted by Crippen LogP contribution is -1.97. The number of hydrogen-bond acceptors (Lipinski definition) is 3. The molecular formula is C11H17NO2. The first kappa shape index (κ1) is 10.9. The highest BCUT2D eigenvalue weighted by Gasteiger charge is 2.00. The fraction of sp³-hybridized carbons (Fsp3) is 0.455. The molecule has 0 amide bonds. The van der Waals surface area contributed by atoms with Gasteiger partial charge in [0.1, 0.15) is 5.75 Å². The molecule has 3 heteroatoms. The Hall–Kier alpha value is -1.22. The second kappa shape index (κ2) is 5.50. The summed E-state index contributed by atoms with van der Waals surface area (Å²) in [7, 11) is 1.61. The van der Waals surface area contributed by atoms with Crippen LogP contribution >= 0.6 is 0 Å². The zero-order valence-corrected chi connectivity index (χ0v) is 8.75. The van der Waals surface area contributed by atoms with E-state index in [1.165, 1.54) is 0 Å². The van der Waals surface area contributed by atoms with Crippen LogP contribution in [0.5, 0.6) is 5.75 Å². The summed E-state index contributed by atoms with van der Waals surface area (Å²) >= 11 is 0. The van der Waals surface area contributed by atoms with Crippen LogP contribution in [-0.4, -0.2) is 13.7 Å². The van der Waals surface area contributed by atoms with E-state index in [1.54, 1.807) is 7.11 Å². The third kappa shape index (κ3) is 2.92. The lowest BCUT2D eigenvalue weighted by molar-refractivity contribution is 0.121. The van der Waals surface area contributed by atoms with Gasteiger partial charge in [-0.3, -0.25) is 0 Å². The highest BCUT2D eigenvalue weighted by molar-refractivity contribution is 5.54. The summed E-state index contributed by atoms with van der Waals surface area (Å²) in [6, 6.07) is 5.71. The van der Waals surface area contributed by atoms with Crippen molar-refractivity contribution < 1.29 is 9.47 Å². The Kier molecular flexibility index (Phi) is 4.26. The molecule has 0 radical (unpaired) electrons. The third-order valence-electron chi connectivity index (χ3n) is 1.91. The van der Waals surface area contributed by atoms with Crippen LogP contribution in [0, 0.1) is 0 Å². The van der Waals surface area contributed by atoms with Crippen molar-refractivity contribution in [2.45, 2.75) is 20.0 Å². The molecule has 3 nitrogen and oxygen atoms in total. The van der Waals surface area contributed by atoms with E-state index in [-0.39, 0.29) is 0 Å². The highest BCUT2D eigenvalue weighted by atomic mass is 16.5. The fourth-order valence-electron chi connectivity index (χ4n) is 1.21. The molecule has 1 aromatic rings. The molecule has 2 N–H and O–H groups in total. The van der Waals surface area contributed by atoms with Crippen LogP contribution in [0.25, 0.3) is 0 Å². The van der Waals surface area contributed by atoms with Gasteiger partial charge in [-0.05, 0) is 24.1 Å². The monoisotopic (exact) mass is 195 g/mol. The molecule has 0 aliphatic heterocycles. The van der Waals surface area contributed by atoms with Crippen LogP contribution in [0.2, 0.25) is 0 Å². The lowest BCUT2D eigenvalue weighted by Gasteiger charge is -2.07. The topological polar surface area (TPSA) is 44.5 Å². The SMILES string of the molecule is CCCOCc1ccc(OC)c(N)c1. The molecule has 0 saturated carbocycles. The predicted molar refractivity (Wildman–Crippen MR) is 57.4 cm³/mol. The van der Waals surface area contributed by atoms with E-state index in [9.17, 15) is 0 Å². The highest BCUT2D eigenvalue weighted by Crippen LogP contribution is 2.22. The van der Waals surface area contributed by atoms with E-state index in [1.807, 2.05) is 18.2 Å². The van der Waals surface area contributed by atoms with Crippen molar-refractivity contribution in [1.82, 2.24) is 0 Å². The minimum Gasteiger partial charge on any atom is -0.495 e. The first-order valence-electron chi connectivity index (χ1n) is 4.78. The Labute approximate surface area is 84.8 Å². The Balaban J connectivity index is 2.57. The van der Waals surface area contributed by atoms with Crippen LogP contribution in [-0.2, 0) is 11.3 Å². The maximum atomic E-state index is 5.76. The van der Waals surface area contributed by atoms with Crippen LogP contribution in [0.1, 0.15) is 18.9 Å². The second-order valence-electron chi connectivity index (χ2n) is 3.13. The molecular weight excluding hydrogens is 178 g/mol. The van der Waals surface area contributed by atoms with Gasteiger partial charge in [0.15, 0.2) is 0 Å². The Bertz CT molecular complexity index is 287. The largest absolute Gasteiger partial charge is 0.495 e. The number of hydrogen-bond donors (Lipinski definition) is 1. The molecule has 0 saturated heterocycles. The normalized spacial score (nSPS) is 10.1. The summed E-state index contributed by atoms with van der Waals surface area (Å²) < 4.78 is 10.5. The molecule has 0 fully saturated rings.